The molecule has 1 unspecified atom stereocenters. The minimum atomic E-state index is 0.759. The van der Waals surface area contributed by atoms with Gasteiger partial charge in [-0.05, 0) is 31.8 Å². The third kappa shape index (κ3) is 8.26. The van der Waals surface area contributed by atoms with E-state index in [9.17, 15) is 0 Å². The maximum absolute atomic E-state index is 5.63. The van der Waals surface area contributed by atoms with Gasteiger partial charge in [-0.25, -0.2) is 0 Å². The molecule has 0 saturated heterocycles. The standard InChI is InChI=1S/C11H26N2/c1-2-11(10-13)8-6-4-3-5-7-9-12/h11H,2-10,12-13H2,1H3. The van der Waals surface area contributed by atoms with Crippen LogP contribution in [0.25, 0.3) is 0 Å². The molecule has 1 atom stereocenters. The van der Waals surface area contributed by atoms with Gasteiger partial charge in [0, 0.05) is 0 Å². The molecule has 0 aliphatic heterocycles. The second kappa shape index (κ2) is 10.0. The molecule has 0 bridgehead atoms. The van der Waals surface area contributed by atoms with E-state index in [0.29, 0.717) is 0 Å². The monoisotopic (exact) mass is 186 g/mol. The number of unbranched alkanes of at least 4 members (excludes halogenated alkanes) is 4. The van der Waals surface area contributed by atoms with Gasteiger partial charge in [-0.2, -0.15) is 0 Å². The summed E-state index contributed by atoms with van der Waals surface area (Å²) in [6.07, 6.45) is 9.09. The van der Waals surface area contributed by atoms with Gasteiger partial charge in [-0.3, -0.25) is 0 Å². The topological polar surface area (TPSA) is 52.0 Å². The van der Waals surface area contributed by atoms with Crippen LogP contribution in [0.1, 0.15) is 51.9 Å². The minimum absolute atomic E-state index is 0.759. The Balaban J connectivity index is 3.05. The number of hydrogen-bond acceptors (Lipinski definition) is 2. The van der Waals surface area contributed by atoms with Gasteiger partial charge >= 0.3 is 0 Å². The van der Waals surface area contributed by atoms with Gasteiger partial charge in [0.15, 0.2) is 0 Å². The first-order valence-electron chi connectivity index (χ1n) is 5.75. The van der Waals surface area contributed by atoms with E-state index in [2.05, 4.69) is 6.92 Å². The normalized spacial score (nSPS) is 13.2. The maximum atomic E-state index is 5.63. The lowest BCUT2D eigenvalue weighted by molar-refractivity contribution is 0.448. The van der Waals surface area contributed by atoms with E-state index in [1.807, 2.05) is 0 Å². The van der Waals surface area contributed by atoms with Gasteiger partial charge < -0.3 is 11.5 Å². The Morgan fingerprint density at radius 2 is 1.54 bits per heavy atom. The third-order valence-corrected chi connectivity index (χ3v) is 2.73. The molecule has 2 nitrogen and oxygen atoms in total. The molecule has 0 aromatic carbocycles. The molecule has 0 heterocycles. The van der Waals surface area contributed by atoms with Gasteiger partial charge in [-0.15, -0.1) is 0 Å². The van der Waals surface area contributed by atoms with Gasteiger partial charge in [0.05, 0.1) is 0 Å². The fourth-order valence-electron chi connectivity index (χ4n) is 1.60. The summed E-state index contributed by atoms with van der Waals surface area (Å²) in [5.74, 6) is 0.759. The zero-order chi connectivity index (χ0) is 9.94. The van der Waals surface area contributed by atoms with Crippen LogP contribution in [0.5, 0.6) is 0 Å². The van der Waals surface area contributed by atoms with Crippen molar-refractivity contribution >= 4 is 0 Å². The first kappa shape index (κ1) is 12.9. The summed E-state index contributed by atoms with van der Waals surface area (Å²) in [6, 6.07) is 0. The first-order valence-corrected chi connectivity index (χ1v) is 5.75. The maximum Gasteiger partial charge on any atom is -0.00490 e. The second-order valence-corrected chi connectivity index (χ2v) is 3.86. The van der Waals surface area contributed by atoms with Crippen LogP contribution >= 0.6 is 0 Å². The van der Waals surface area contributed by atoms with Crippen LogP contribution in [0, 0.1) is 5.92 Å². The molecule has 0 fully saturated rings. The summed E-state index contributed by atoms with van der Waals surface area (Å²) in [5, 5.41) is 0. The molecular weight excluding hydrogens is 160 g/mol. The average Bonchev–Trinajstić information content (AvgIpc) is 2.17. The zero-order valence-corrected chi connectivity index (χ0v) is 9.10. The molecule has 0 aromatic rings. The van der Waals surface area contributed by atoms with Gasteiger partial charge in [0.25, 0.3) is 0 Å². The smallest absolute Gasteiger partial charge is 0.00490 e. The van der Waals surface area contributed by atoms with Crippen LogP contribution in [-0.2, 0) is 0 Å². The largest absolute Gasteiger partial charge is 0.330 e. The molecule has 0 amide bonds. The number of nitrogens with two attached hydrogens (primary N) is 2. The lowest BCUT2D eigenvalue weighted by Gasteiger charge is -2.10. The van der Waals surface area contributed by atoms with Crippen LogP contribution in [-0.4, -0.2) is 13.1 Å². The predicted octanol–water partition coefficient (Wildman–Crippen LogP) is 2.27. The molecular formula is C11H26N2. The van der Waals surface area contributed by atoms with Crippen LogP contribution in [0.2, 0.25) is 0 Å². The predicted molar refractivity (Wildman–Crippen MR) is 59.6 cm³/mol. The molecule has 0 rings (SSSR count). The van der Waals surface area contributed by atoms with Crippen molar-refractivity contribution in [3.63, 3.8) is 0 Å². The van der Waals surface area contributed by atoms with Gasteiger partial charge in [-0.1, -0.05) is 39.0 Å². The molecule has 4 N–H and O–H groups in total. The van der Waals surface area contributed by atoms with Crippen molar-refractivity contribution in [3.8, 4) is 0 Å². The number of hydrogen-bond donors (Lipinski definition) is 2. The molecule has 0 aromatic heterocycles. The molecule has 0 radical (unpaired) electrons. The quantitative estimate of drug-likeness (QED) is 0.543. The van der Waals surface area contributed by atoms with Crippen LogP contribution in [0.4, 0.5) is 0 Å². The van der Waals surface area contributed by atoms with E-state index in [0.717, 1.165) is 19.0 Å². The summed E-state index contributed by atoms with van der Waals surface area (Å²) < 4.78 is 0. The lowest BCUT2D eigenvalue weighted by atomic mass is 9.98. The fraction of sp³-hybridized carbons (Fsp3) is 1.00. The molecule has 80 valence electrons. The Morgan fingerprint density at radius 1 is 0.923 bits per heavy atom. The molecule has 0 aliphatic rings. The fourth-order valence-corrected chi connectivity index (χ4v) is 1.60. The van der Waals surface area contributed by atoms with Crippen molar-refractivity contribution < 1.29 is 0 Å². The Morgan fingerprint density at radius 3 is 2.08 bits per heavy atom. The zero-order valence-electron chi connectivity index (χ0n) is 9.10. The Hall–Kier alpha value is -0.0800. The van der Waals surface area contributed by atoms with Crippen molar-refractivity contribution in [3.05, 3.63) is 0 Å². The van der Waals surface area contributed by atoms with Crippen molar-refractivity contribution in [2.75, 3.05) is 13.1 Å². The molecule has 0 spiro atoms. The first-order chi connectivity index (χ1) is 6.35. The third-order valence-electron chi connectivity index (χ3n) is 2.73. The highest BCUT2D eigenvalue weighted by Crippen LogP contribution is 2.13. The molecule has 13 heavy (non-hydrogen) atoms. The van der Waals surface area contributed by atoms with Crippen LogP contribution in [0.15, 0.2) is 0 Å². The highest BCUT2D eigenvalue weighted by Gasteiger charge is 2.02. The van der Waals surface area contributed by atoms with Crippen LogP contribution < -0.4 is 11.5 Å². The van der Waals surface area contributed by atoms with Crippen molar-refractivity contribution in [1.29, 1.82) is 0 Å². The lowest BCUT2D eigenvalue weighted by Crippen LogP contribution is -2.13. The van der Waals surface area contributed by atoms with E-state index < -0.39 is 0 Å². The van der Waals surface area contributed by atoms with E-state index >= 15 is 0 Å². The highest BCUT2D eigenvalue weighted by molar-refractivity contribution is 4.57. The van der Waals surface area contributed by atoms with Crippen LogP contribution in [0.3, 0.4) is 0 Å². The second-order valence-electron chi connectivity index (χ2n) is 3.86. The average molecular weight is 186 g/mol. The van der Waals surface area contributed by atoms with E-state index in [1.165, 1.54) is 44.9 Å². The van der Waals surface area contributed by atoms with Crippen molar-refractivity contribution in [2.24, 2.45) is 17.4 Å². The molecule has 0 aliphatic carbocycles. The highest BCUT2D eigenvalue weighted by atomic mass is 14.5. The summed E-state index contributed by atoms with van der Waals surface area (Å²) in [4.78, 5) is 0. The summed E-state index contributed by atoms with van der Waals surface area (Å²) in [7, 11) is 0. The van der Waals surface area contributed by atoms with E-state index in [1.54, 1.807) is 0 Å². The van der Waals surface area contributed by atoms with E-state index in [-0.39, 0.29) is 0 Å². The Labute approximate surface area is 83.1 Å². The Kier molecular flexibility index (Phi) is 9.94. The molecule has 0 saturated carbocycles. The Bertz CT molecular complexity index is 90.1. The summed E-state index contributed by atoms with van der Waals surface area (Å²) in [6.45, 7) is 3.94. The molecule has 2 heteroatoms. The van der Waals surface area contributed by atoms with Gasteiger partial charge in [0.2, 0.25) is 0 Å². The van der Waals surface area contributed by atoms with Gasteiger partial charge in [0.1, 0.15) is 0 Å². The summed E-state index contributed by atoms with van der Waals surface area (Å²) in [5.41, 5.74) is 11.0. The summed E-state index contributed by atoms with van der Waals surface area (Å²) >= 11 is 0. The van der Waals surface area contributed by atoms with E-state index in [4.69, 9.17) is 11.5 Å². The number of rotatable bonds is 9. The minimum Gasteiger partial charge on any atom is -0.330 e. The van der Waals surface area contributed by atoms with Crippen molar-refractivity contribution in [1.82, 2.24) is 0 Å². The SMILES string of the molecule is CCC(CN)CCCCCCCN. The van der Waals surface area contributed by atoms with Crippen molar-refractivity contribution in [2.45, 2.75) is 51.9 Å².